The van der Waals surface area contributed by atoms with E-state index in [4.69, 9.17) is 0 Å². The zero-order valence-corrected chi connectivity index (χ0v) is 12.8. The largest absolute Gasteiger partial charge is 0.317 e. The minimum atomic E-state index is -0.666. The molecule has 1 aliphatic rings. The third-order valence-electron chi connectivity index (χ3n) is 3.80. The molecule has 0 atom stereocenters. The lowest BCUT2D eigenvalue weighted by Gasteiger charge is -2.22. The Morgan fingerprint density at radius 1 is 1.30 bits per heavy atom. The maximum Gasteiger partial charge on any atom is 0.143 e. The molecule has 0 saturated carbocycles. The Labute approximate surface area is 126 Å². The monoisotopic (exact) mass is 345 g/mol. The van der Waals surface area contributed by atoms with Crippen molar-refractivity contribution in [3.05, 3.63) is 33.8 Å². The van der Waals surface area contributed by atoms with Crippen molar-refractivity contribution in [1.82, 2.24) is 5.32 Å². The summed E-state index contributed by atoms with van der Waals surface area (Å²) in [6.07, 6.45) is 3.20. The maximum atomic E-state index is 13.8. The first-order valence-electron chi connectivity index (χ1n) is 6.92. The number of hydrogen-bond donors (Lipinski definition) is 1. The molecule has 1 aromatic rings. The lowest BCUT2D eigenvalue weighted by Crippen LogP contribution is -2.28. The van der Waals surface area contributed by atoms with E-state index in [9.17, 15) is 13.6 Å². The Morgan fingerprint density at radius 3 is 2.70 bits per heavy atom. The van der Waals surface area contributed by atoms with E-state index in [0.29, 0.717) is 12.3 Å². The van der Waals surface area contributed by atoms with Gasteiger partial charge in [-0.05, 0) is 66.3 Å². The summed E-state index contributed by atoms with van der Waals surface area (Å²) in [7, 11) is 0. The molecule has 2 nitrogen and oxygen atoms in total. The van der Waals surface area contributed by atoms with Gasteiger partial charge in [0.1, 0.15) is 17.4 Å². The number of benzene rings is 1. The van der Waals surface area contributed by atoms with Crippen LogP contribution in [0.4, 0.5) is 8.78 Å². The minimum Gasteiger partial charge on any atom is -0.317 e. The average molecular weight is 346 g/mol. The quantitative estimate of drug-likeness (QED) is 0.825. The van der Waals surface area contributed by atoms with Gasteiger partial charge in [-0.25, -0.2) is 8.78 Å². The molecule has 1 N–H and O–H groups in total. The van der Waals surface area contributed by atoms with Crippen LogP contribution in [0, 0.1) is 17.6 Å². The number of carbonyl (C=O) groups is 1. The fourth-order valence-electron chi connectivity index (χ4n) is 2.55. The van der Waals surface area contributed by atoms with Crippen LogP contribution in [0.25, 0.3) is 0 Å². The molecule has 0 aromatic heterocycles. The lowest BCUT2D eigenvalue weighted by molar-refractivity contribution is -0.118. The van der Waals surface area contributed by atoms with E-state index >= 15 is 0 Å². The van der Waals surface area contributed by atoms with Gasteiger partial charge in [0.05, 0.1) is 4.47 Å². The van der Waals surface area contributed by atoms with Gasteiger partial charge in [0.15, 0.2) is 0 Å². The molecule has 1 saturated heterocycles. The molecule has 0 bridgehead atoms. The Balaban J connectivity index is 1.89. The first-order valence-corrected chi connectivity index (χ1v) is 7.72. The summed E-state index contributed by atoms with van der Waals surface area (Å²) in [6.45, 7) is 1.99. The molecule has 0 aliphatic carbocycles. The smallest absolute Gasteiger partial charge is 0.143 e. The van der Waals surface area contributed by atoms with Gasteiger partial charge in [0, 0.05) is 18.4 Å². The minimum absolute atomic E-state index is 0.0977. The molecule has 5 heteroatoms. The van der Waals surface area contributed by atoms with Gasteiger partial charge in [-0.2, -0.15) is 0 Å². The molecule has 1 aliphatic heterocycles. The fourth-order valence-corrected chi connectivity index (χ4v) is 2.92. The van der Waals surface area contributed by atoms with E-state index in [2.05, 4.69) is 21.2 Å². The number of Topliss-reactive ketones (excluding diaryl/α,β-unsaturated/α-hetero) is 1. The third kappa shape index (κ3) is 4.09. The van der Waals surface area contributed by atoms with Crippen molar-refractivity contribution >= 4 is 21.7 Å². The fraction of sp³-hybridized carbons (Fsp3) is 0.533. The summed E-state index contributed by atoms with van der Waals surface area (Å²) in [5.74, 6) is -0.863. The van der Waals surface area contributed by atoms with Gasteiger partial charge >= 0.3 is 0 Å². The summed E-state index contributed by atoms with van der Waals surface area (Å²) in [4.78, 5) is 11.9. The number of halogens is 3. The molecule has 20 heavy (non-hydrogen) atoms. The predicted molar refractivity (Wildman–Crippen MR) is 77.6 cm³/mol. The van der Waals surface area contributed by atoms with E-state index in [1.165, 1.54) is 12.1 Å². The molecule has 1 heterocycles. The van der Waals surface area contributed by atoms with Gasteiger partial charge in [-0.15, -0.1) is 0 Å². The van der Waals surface area contributed by atoms with E-state index in [1.54, 1.807) is 0 Å². The van der Waals surface area contributed by atoms with E-state index in [-0.39, 0.29) is 22.2 Å². The van der Waals surface area contributed by atoms with Crippen LogP contribution in [-0.4, -0.2) is 18.9 Å². The molecule has 110 valence electrons. The van der Waals surface area contributed by atoms with Crippen molar-refractivity contribution in [2.75, 3.05) is 13.1 Å². The van der Waals surface area contributed by atoms with Crippen LogP contribution < -0.4 is 5.32 Å². The average Bonchev–Trinajstić information content (AvgIpc) is 2.46. The SMILES string of the molecule is O=C(CCC1CCNCC1)Cc1c(F)ccc(Br)c1F. The second-order valence-corrected chi connectivity index (χ2v) is 6.12. The summed E-state index contributed by atoms with van der Waals surface area (Å²) < 4.78 is 27.5. The second kappa shape index (κ2) is 7.27. The summed E-state index contributed by atoms with van der Waals surface area (Å²) >= 11 is 3.01. The summed E-state index contributed by atoms with van der Waals surface area (Å²) in [5, 5.41) is 3.27. The molecular weight excluding hydrogens is 328 g/mol. The van der Waals surface area contributed by atoms with Crippen molar-refractivity contribution < 1.29 is 13.6 Å². The molecule has 0 spiro atoms. The predicted octanol–water partition coefficient (Wildman–Crippen LogP) is 3.62. The van der Waals surface area contributed by atoms with Crippen molar-refractivity contribution in [2.45, 2.75) is 32.1 Å². The van der Waals surface area contributed by atoms with Crippen molar-refractivity contribution in [2.24, 2.45) is 5.92 Å². The summed E-state index contributed by atoms with van der Waals surface area (Å²) in [6, 6.07) is 2.50. The van der Waals surface area contributed by atoms with E-state index in [1.807, 2.05) is 0 Å². The molecule has 2 rings (SSSR count). The summed E-state index contributed by atoms with van der Waals surface area (Å²) in [5.41, 5.74) is -0.130. The van der Waals surface area contributed by atoms with Gasteiger partial charge in [-0.1, -0.05) is 0 Å². The maximum absolute atomic E-state index is 13.8. The van der Waals surface area contributed by atoms with Gasteiger partial charge in [0.2, 0.25) is 0 Å². The standard InChI is InChI=1S/C15H18BrF2NO/c16-13-3-4-14(17)12(15(13)18)9-11(20)2-1-10-5-7-19-8-6-10/h3-4,10,19H,1-2,5-9H2. The number of ketones is 1. The first-order chi connectivity index (χ1) is 9.58. The van der Waals surface area contributed by atoms with Crippen molar-refractivity contribution in [3.8, 4) is 0 Å². The Morgan fingerprint density at radius 2 is 2.00 bits per heavy atom. The Hall–Kier alpha value is -0.810. The van der Waals surface area contributed by atoms with E-state index < -0.39 is 11.6 Å². The highest BCUT2D eigenvalue weighted by atomic mass is 79.9. The highest BCUT2D eigenvalue weighted by Crippen LogP contribution is 2.23. The van der Waals surface area contributed by atoms with Crippen LogP contribution in [-0.2, 0) is 11.2 Å². The molecule has 1 fully saturated rings. The number of rotatable bonds is 5. The highest BCUT2D eigenvalue weighted by molar-refractivity contribution is 9.10. The van der Waals surface area contributed by atoms with Crippen LogP contribution >= 0.6 is 15.9 Å². The van der Waals surface area contributed by atoms with Crippen LogP contribution in [0.5, 0.6) is 0 Å². The zero-order chi connectivity index (χ0) is 14.5. The van der Waals surface area contributed by atoms with Gasteiger partial charge in [0.25, 0.3) is 0 Å². The van der Waals surface area contributed by atoms with Crippen LogP contribution in [0.2, 0.25) is 0 Å². The third-order valence-corrected chi connectivity index (χ3v) is 4.42. The molecule has 0 amide bonds. The first kappa shape index (κ1) is 15.6. The highest BCUT2D eigenvalue weighted by Gasteiger charge is 2.18. The molecule has 0 unspecified atom stereocenters. The number of hydrogen-bond acceptors (Lipinski definition) is 2. The second-order valence-electron chi connectivity index (χ2n) is 5.27. The zero-order valence-electron chi connectivity index (χ0n) is 11.2. The van der Waals surface area contributed by atoms with Crippen LogP contribution in [0.1, 0.15) is 31.2 Å². The topological polar surface area (TPSA) is 29.1 Å². The molecule has 1 aromatic carbocycles. The van der Waals surface area contributed by atoms with Crippen LogP contribution in [0.3, 0.4) is 0 Å². The number of nitrogens with one attached hydrogen (secondary N) is 1. The van der Waals surface area contributed by atoms with Crippen LogP contribution in [0.15, 0.2) is 16.6 Å². The number of carbonyl (C=O) groups excluding carboxylic acids is 1. The number of piperidine rings is 1. The lowest BCUT2D eigenvalue weighted by atomic mass is 9.91. The molecular formula is C15H18BrF2NO. The Kier molecular flexibility index (Phi) is 5.66. The van der Waals surface area contributed by atoms with Gasteiger partial charge < -0.3 is 5.32 Å². The van der Waals surface area contributed by atoms with Gasteiger partial charge in [-0.3, -0.25) is 4.79 Å². The molecule has 0 radical (unpaired) electrons. The Bertz CT molecular complexity index is 487. The van der Waals surface area contributed by atoms with Crippen molar-refractivity contribution in [1.29, 1.82) is 0 Å². The normalized spacial score (nSPS) is 16.4. The van der Waals surface area contributed by atoms with E-state index in [0.717, 1.165) is 32.4 Å². The van der Waals surface area contributed by atoms with Crippen molar-refractivity contribution in [3.63, 3.8) is 0 Å².